The first-order valence-electron chi connectivity index (χ1n) is 7.41. The molecule has 0 unspecified atom stereocenters. The van der Waals surface area contributed by atoms with Gasteiger partial charge in [-0.2, -0.15) is 0 Å². The predicted octanol–water partition coefficient (Wildman–Crippen LogP) is 5.49. The minimum absolute atomic E-state index is 0.181. The Morgan fingerprint density at radius 3 is 1.95 bits per heavy atom. The second-order valence-corrected chi connectivity index (χ2v) is 3.14. The van der Waals surface area contributed by atoms with Crippen molar-refractivity contribution in [2.75, 3.05) is 0 Å². The molecule has 1 N–H and O–H groups in total. The van der Waals surface area contributed by atoms with E-state index in [9.17, 15) is 4.79 Å². The summed E-state index contributed by atoms with van der Waals surface area (Å²) in [7, 11) is 0. The van der Waals surface area contributed by atoms with E-state index in [-0.39, 0.29) is 5.91 Å². The largest absolute Gasteiger partial charge is 0.322 e. The Morgan fingerprint density at radius 2 is 1.57 bits per heavy atom. The maximum absolute atomic E-state index is 11.8. The van der Waals surface area contributed by atoms with Gasteiger partial charge in [-0.05, 0) is 26.0 Å². The topological polar surface area (TPSA) is 29.1 Å². The SMILES string of the molecule is C=C/C=C\C(=C/C)NC(=O)/C(C=C)=C/C=C\C.CC.CC. The smallest absolute Gasteiger partial charge is 0.255 e. The Balaban J connectivity index is -0.000000739. The molecule has 0 rings (SSSR count). The molecule has 0 aromatic heterocycles. The van der Waals surface area contributed by atoms with Crippen LogP contribution in [0, 0.1) is 0 Å². The van der Waals surface area contributed by atoms with Crippen molar-refractivity contribution in [2.45, 2.75) is 41.5 Å². The van der Waals surface area contributed by atoms with Crippen LogP contribution in [-0.2, 0) is 4.79 Å². The quantitative estimate of drug-likeness (QED) is 0.508. The molecule has 0 aliphatic rings. The van der Waals surface area contributed by atoms with Gasteiger partial charge in [0, 0.05) is 11.3 Å². The zero-order valence-electron chi connectivity index (χ0n) is 14.4. The van der Waals surface area contributed by atoms with E-state index in [1.54, 1.807) is 30.4 Å². The molecular formula is C19H31NO. The number of rotatable bonds is 6. The maximum atomic E-state index is 11.8. The summed E-state index contributed by atoms with van der Waals surface area (Å²) >= 11 is 0. The van der Waals surface area contributed by atoms with E-state index in [2.05, 4.69) is 18.5 Å². The molecule has 0 heterocycles. The van der Waals surface area contributed by atoms with Crippen LogP contribution < -0.4 is 5.32 Å². The molecule has 0 spiro atoms. The van der Waals surface area contributed by atoms with Gasteiger partial charge in [0.2, 0.25) is 0 Å². The number of hydrogen-bond acceptors (Lipinski definition) is 1. The molecule has 0 aliphatic carbocycles. The van der Waals surface area contributed by atoms with E-state index < -0.39 is 0 Å². The number of amides is 1. The lowest BCUT2D eigenvalue weighted by atomic mass is 10.2. The van der Waals surface area contributed by atoms with E-state index in [4.69, 9.17) is 0 Å². The summed E-state index contributed by atoms with van der Waals surface area (Å²) in [6, 6.07) is 0. The van der Waals surface area contributed by atoms with Crippen molar-refractivity contribution in [3.8, 4) is 0 Å². The molecule has 0 saturated heterocycles. The maximum Gasteiger partial charge on any atom is 0.255 e. The number of nitrogens with one attached hydrogen (secondary N) is 1. The van der Waals surface area contributed by atoms with Crippen molar-refractivity contribution < 1.29 is 4.79 Å². The minimum atomic E-state index is -0.181. The first-order chi connectivity index (χ1) is 10.2. The Labute approximate surface area is 131 Å². The van der Waals surface area contributed by atoms with Crippen LogP contribution in [-0.4, -0.2) is 5.91 Å². The zero-order chi connectivity index (χ0) is 17.1. The van der Waals surface area contributed by atoms with Gasteiger partial charge in [-0.15, -0.1) is 0 Å². The zero-order valence-corrected chi connectivity index (χ0v) is 14.4. The molecule has 2 heteroatoms. The second-order valence-electron chi connectivity index (χ2n) is 3.14. The predicted molar refractivity (Wildman–Crippen MR) is 97.0 cm³/mol. The van der Waals surface area contributed by atoms with Gasteiger partial charge in [-0.1, -0.05) is 77.3 Å². The molecule has 0 fully saturated rings. The Hall–Kier alpha value is -2.09. The van der Waals surface area contributed by atoms with E-state index in [1.807, 2.05) is 53.7 Å². The first kappa shape index (κ1) is 24.0. The minimum Gasteiger partial charge on any atom is -0.322 e. The van der Waals surface area contributed by atoms with Crippen molar-refractivity contribution in [1.82, 2.24) is 5.32 Å². The number of carbonyl (C=O) groups excluding carboxylic acids is 1. The fraction of sp³-hybridized carbons (Fsp3) is 0.316. The van der Waals surface area contributed by atoms with Crippen molar-refractivity contribution in [2.24, 2.45) is 0 Å². The Bertz CT molecular complexity index is 396. The van der Waals surface area contributed by atoms with Crippen LogP contribution in [0.5, 0.6) is 0 Å². The highest BCUT2D eigenvalue weighted by molar-refractivity contribution is 5.97. The van der Waals surface area contributed by atoms with E-state index in [0.717, 1.165) is 5.70 Å². The molecule has 0 saturated carbocycles. The van der Waals surface area contributed by atoms with Crippen LogP contribution >= 0.6 is 0 Å². The summed E-state index contributed by atoms with van der Waals surface area (Å²) in [6.45, 7) is 18.9. The molecule has 0 aliphatic heterocycles. The normalized spacial score (nSPS) is 11.1. The number of hydrogen-bond donors (Lipinski definition) is 1. The van der Waals surface area contributed by atoms with Crippen LogP contribution in [0.4, 0.5) is 0 Å². The summed E-state index contributed by atoms with van der Waals surface area (Å²) < 4.78 is 0. The van der Waals surface area contributed by atoms with Gasteiger partial charge < -0.3 is 5.32 Å². The third kappa shape index (κ3) is 14.1. The molecule has 118 valence electrons. The standard InChI is InChI=1S/C15H19NO.2C2H6/c1-5-9-11-13(7-3)15(17)16-14(8-4)12-10-6-2;2*1-2/h5-12H,2-3H2,1,4H3,(H,16,17);2*1-2H3/b9-5-,12-10-,13-11+,14-8+;;. The molecular weight excluding hydrogens is 258 g/mol. The van der Waals surface area contributed by atoms with Crippen LogP contribution in [0.3, 0.4) is 0 Å². The van der Waals surface area contributed by atoms with E-state index in [1.165, 1.54) is 6.08 Å². The van der Waals surface area contributed by atoms with E-state index >= 15 is 0 Å². The highest BCUT2D eigenvalue weighted by Crippen LogP contribution is 2.00. The van der Waals surface area contributed by atoms with Gasteiger partial charge in [0.15, 0.2) is 0 Å². The fourth-order valence-corrected chi connectivity index (χ4v) is 1.02. The van der Waals surface area contributed by atoms with Crippen LogP contribution in [0.15, 0.2) is 73.0 Å². The highest BCUT2D eigenvalue weighted by atomic mass is 16.1. The molecule has 2 nitrogen and oxygen atoms in total. The molecule has 21 heavy (non-hydrogen) atoms. The van der Waals surface area contributed by atoms with Gasteiger partial charge in [-0.25, -0.2) is 0 Å². The lowest BCUT2D eigenvalue weighted by Crippen LogP contribution is -2.22. The Morgan fingerprint density at radius 1 is 1.00 bits per heavy atom. The average Bonchev–Trinajstić information content (AvgIpc) is 2.55. The lowest BCUT2D eigenvalue weighted by Gasteiger charge is -2.05. The average molecular weight is 289 g/mol. The summed E-state index contributed by atoms with van der Waals surface area (Å²) in [6.07, 6.45) is 13.9. The lowest BCUT2D eigenvalue weighted by molar-refractivity contribution is -0.116. The van der Waals surface area contributed by atoms with E-state index in [0.29, 0.717) is 5.57 Å². The van der Waals surface area contributed by atoms with Gasteiger partial charge in [-0.3, -0.25) is 4.79 Å². The van der Waals surface area contributed by atoms with Crippen LogP contribution in [0.25, 0.3) is 0 Å². The molecule has 0 radical (unpaired) electrons. The fourth-order valence-electron chi connectivity index (χ4n) is 1.02. The van der Waals surface area contributed by atoms with Crippen molar-refractivity contribution in [1.29, 1.82) is 0 Å². The molecule has 0 aromatic rings. The second kappa shape index (κ2) is 20.2. The number of carbonyl (C=O) groups is 1. The van der Waals surface area contributed by atoms with Crippen LogP contribution in [0.1, 0.15) is 41.5 Å². The Kier molecular flexibility index (Phi) is 23.1. The summed E-state index contributed by atoms with van der Waals surface area (Å²) in [5, 5.41) is 2.78. The van der Waals surface area contributed by atoms with Gasteiger partial charge in [0.1, 0.15) is 0 Å². The summed E-state index contributed by atoms with van der Waals surface area (Å²) in [5.41, 5.74) is 1.25. The first-order valence-corrected chi connectivity index (χ1v) is 7.41. The van der Waals surface area contributed by atoms with Crippen molar-refractivity contribution >= 4 is 5.91 Å². The summed E-state index contributed by atoms with van der Waals surface area (Å²) in [5.74, 6) is -0.181. The summed E-state index contributed by atoms with van der Waals surface area (Å²) in [4.78, 5) is 11.8. The molecule has 0 aromatic carbocycles. The van der Waals surface area contributed by atoms with Crippen molar-refractivity contribution in [3.63, 3.8) is 0 Å². The van der Waals surface area contributed by atoms with Gasteiger partial charge in [0.25, 0.3) is 5.91 Å². The van der Waals surface area contributed by atoms with Crippen molar-refractivity contribution in [3.05, 3.63) is 73.0 Å². The third-order valence-corrected chi connectivity index (χ3v) is 1.93. The highest BCUT2D eigenvalue weighted by Gasteiger charge is 2.04. The molecule has 0 atom stereocenters. The monoisotopic (exact) mass is 289 g/mol. The number of allylic oxidation sites excluding steroid dienone is 7. The third-order valence-electron chi connectivity index (χ3n) is 1.93. The molecule has 0 bridgehead atoms. The van der Waals surface area contributed by atoms with Gasteiger partial charge in [0.05, 0.1) is 0 Å². The molecule has 1 amide bonds. The van der Waals surface area contributed by atoms with Crippen LogP contribution in [0.2, 0.25) is 0 Å². The van der Waals surface area contributed by atoms with Gasteiger partial charge >= 0.3 is 0 Å².